The van der Waals surface area contributed by atoms with Gasteiger partial charge >= 0.3 is 0 Å². The lowest BCUT2D eigenvalue weighted by Gasteiger charge is -2.18. The van der Waals surface area contributed by atoms with E-state index in [-0.39, 0.29) is 12.3 Å². The number of hydrogen-bond donors (Lipinski definition) is 4. The summed E-state index contributed by atoms with van der Waals surface area (Å²) in [6, 6.07) is 5.38. The van der Waals surface area contributed by atoms with Crippen molar-refractivity contribution in [3.05, 3.63) is 29.3 Å². The number of aryl methyl sites for hydroxylation is 1. The van der Waals surface area contributed by atoms with Crippen LogP contribution in [0.5, 0.6) is 5.75 Å². The molecule has 90 valence electrons. The highest BCUT2D eigenvalue weighted by Crippen LogP contribution is 2.19. The Balaban J connectivity index is 2.74. The molecule has 0 aliphatic rings. The largest absolute Gasteiger partial charge is 0.508 e. The molecule has 0 heterocycles. The minimum atomic E-state index is -1.92. The van der Waals surface area contributed by atoms with E-state index in [9.17, 15) is 5.11 Å². The van der Waals surface area contributed by atoms with Gasteiger partial charge in [0.1, 0.15) is 5.75 Å². The van der Waals surface area contributed by atoms with E-state index in [4.69, 9.17) is 10.2 Å². The lowest BCUT2D eigenvalue weighted by Crippen LogP contribution is -2.41. The van der Waals surface area contributed by atoms with Crippen molar-refractivity contribution in [2.45, 2.75) is 39.1 Å². The van der Waals surface area contributed by atoms with Crippen molar-refractivity contribution in [2.24, 2.45) is 0 Å². The summed E-state index contributed by atoms with van der Waals surface area (Å²) in [6.45, 7) is 3.54. The van der Waals surface area contributed by atoms with Gasteiger partial charge < -0.3 is 15.3 Å². The molecule has 0 radical (unpaired) electrons. The van der Waals surface area contributed by atoms with E-state index in [0.29, 0.717) is 5.56 Å². The number of nitrogens with one attached hydrogen (secondary N) is 1. The van der Waals surface area contributed by atoms with Crippen molar-refractivity contribution in [3.8, 4) is 5.75 Å². The summed E-state index contributed by atoms with van der Waals surface area (Å²) in [4.78, 5) is 0. The second-order valence-corrected chi connectivity index (χ2v) is 4.09. The number of aromatic hydroxyl groups is 1. The first-order valence-corrected chi connectivity index (χ1v) is 5.43. The lowest BCUT2D eigenvalue weighted by atomic mass is 10.1. The molecule has 0 saturated heterocycles. The first kappa shape index (κ1) is 13.0. The predicted octanol–water partition coefficient (Wildman–Crippen LogP) is 1.09. The molecular weight excluding hydrogens is 206 g/mol. The number of phenols is 1. The van der Waals surface area contributed by atoms with Crippen LogP contribution >= 0.6 is 0 Å². The highest BCUT2D eigenvalue weighted by molar-refractivity contribution is 5.36. The van der Waals surface area contributed by atoms with E-state index in [0.717, 1.165) is 18.4 Å². The highest BCUT2D eigenvalue weighted by Gasteiger charge is 2.14. The fraction of sp³-hybridized carbons (Fsp3) is 0.500. The Morgan fingerprint density at radius 1 is 1.31 bits per heavy atom. The van der Waals surface area contributed by atoms with Crippen LogP contribution in [-0.4, -0.2) is 21.2 Å². The molecule has 0 unspecified atom stereocenters. The van der Waals surface area contributed by atoms with Crippen LogP contribution in [0.1, 0.15) is 31.4 Å². The summed E-state index contributed by atoms with van der Waals surface area (Å²) < 4.78 is 0. The number of phenolic OH excluding ortho intramolecular Hbond substituents is 1. The zero-order valence-electron chi connectivity index (χ0n) is 9.70. The van der Waals surface area contributed by atoms with Gasteiger partial charge in [0.15, 0.2) is 0 Å². The quantitative estimate of drug-likeness (QED) is 0.566. The van der Waals surface area contributed by atoms with Crippen LogP contribution in [0.3, 0.4) is 0 Å². The molecule has 1 aromatic carbocycles. The lowest BCUT2D eigenvalue weighted by molar-refractivity contribution is -0.170. The van der Waals surface area contributed by atoms with Gasteiger partial charge in [-0.2, -0.15) is 0 Å². The molecule has 0 atom stereocenters. The van der Waals surface area contributed by atoms with E-state index < -0.39 is 5.91 Å². The first-order valence-electron chi connectivity index (χ1n) is 5.43. The molecule has 0 saturated carbocycles. The summed E-state index contributed by atoms with van der Waals surface area (Å²) in [5.41, 5.74) is 1.80. The molecule has 1 rings (SSSR count). The molecule has 0 spiro atoms. The second kappa shape index (κ2) is 5.30. The third kappa shape index (κ3) is 4.18. The van der Waals surface area contributed by atoms with Crippen LogP contribution in [0, 0.1) is 0 Å². The molecule has 0 bridgehead atoms. The van der Waals surface area contributed by atoms with E-state index in [1.165, 1.54) is 6.92 Å². The number of benzene rings is 1. The molecule has 0 amide bonds. The van der Waals surface area contributed by atoms with E-state index in [1.807, 2.05) is 12.1 Å². The Labute approximate surface area is 95.6 Å². The zero-order valence-corrected chi connectivity index (χ0v) is 9.70. The summed E-state index contributed by atoms with van der Waals surface area (Å²) in [5, 5.41) is 30.3. The maximum absolute atomic E-state index is 9.60. The van der Waals surface area contributed by atoms with Crippen molar-refractivity contribution in [3.63, 3.8) is 0 Å². The van der Waals surface area contributed by atoms with Crippen molar-refractivity contribution in [1.29, 1.82) is 0 Å². The normalized spacial score (nSPS) is 11.8. The zero-order chi connectivity index (χ0) is 12.2. The molecule has 4 nitrogen and oxygen atoms in total. The predicted molar refractivity (Wildman–Crippen MR) is 61.8 cm³/mol. The Hall–Kier alpha value is -1.10. The smallest absolute Gasteiger partial charge is 0.219 e. The van der Waals surface area contributed by atoms with Crippen LogP contribution in [0.2, 0.25) is 0 Å². The summed E-state index contributed by atoms with van der Waals surface area (Å²) in [5.74, 6) is -1.76. The van der Waals surface area contributed by atoms with E-state index >= 15 is 0 Å². The van der Waals surface area contributed by atoms with Crippen LogP contribution in [0.25, 0.3) is 0 Å². The molecular formula is C12H19NO3. The maximum atomic E-state index is 9.60. The van der Waals surface area contributed by atoms with Gasteiger partial charge in [-0.3, -0.25) is 5.32 Å². The minimum absolute atomic E-state index is 0.164. The number of hydrogen-bond acceptors (Lipinski definition) is 4. The molecule has 0 fully saturated rings. The fourth-order valence-corrected chi connectivity index (χ4v) is 1.49. The van der Waals surface area contributed by atoms with Crippen LogP contribution < -0.4 is 5.32 Å². The topological polar surface area (TPSA) is 72.7 Å². The molecule has 0 aromatic heterocycles. The molecule has 1 aromatic rings. The Kier molecular flexibility index (Phi) is 4.29. The maximum Gasteiger partial charge on any atom is 0.219 e. The molecule has 0 aliphatic heterocycles. The monoisotopic (exact) mass is 225 g/mol. The van der Waals surface area contributed by atoms with Gasteiger partial charge in [-0.15, -0.1) is 0 Å². The minimum Gasteiger partial charge on any atom is -0.508 e. The van der Waals surface area contributed by atoms with Crippen LogP contribution in [0.4, 0.5) is 0 Å². The Morgan fingerprint density at radius 2 is 2.00 bits per heavy atom. The van der Waals surface area contributed by atoms with Crippen molar-refractivity contribution >= 4 is 0 Å². The molecule has 4 heteroatoms. The first-order chi connectivity index (χ1) is 7.42. The number of aliphatic hydroxyl groups is 2. The van der Waals surface area contributed by atoms with Gasteiger partial charge in [-0.1, -0.05) is 25.5 Å². The molecule has 0 aliphatic carbocycles. The highest BCUT2D eigenvalue weighted by atomic mass is 16.5. The Morgan fingerprint density at radius 3 is 2.56 bits per heavy atom. The van der Waals surface area contributed by atoms with Crippen LogP contribution in [0.15, 0.2) is 18.2 Å². The summed E-state index contributed by atoms with van der Waals surface area (Å²) in [7, 11) is 0. The third-order valence-electron chi connectivity index (χ3n) is 2.30. The van der Waals surface area contributed by atoms with E-state index in [2.05, 4.69) is 12.2 Å². The average molecular weight is 225 g/mol. The number of rotatable bonds is 5. The van der Waals surface area contributed by atoms with Crippen molar-refractivity contribution in [1.82, 2.24) is 5.32 Å². The average Bonchev–Trinajstić information content (AvgIpc) is 2.18. The molecule has 16 heavy (non-hydrogen) atoms. The van der Waals surface area contributed by atoms with Gasteiger partial charge in [0.25, 0.3) is 0 Å². The van der Waals surface area contributed by atoms with Gasteiger partial charge in [0, 0.05) is 19.0 Å². The van der Waals surface area contributed by atoms with E-state index in [1.54, 1.807) is 6.07 Å². The fourth-order valence-electron chi connectivity index (χ4n) is 1.49. The second-order valence-electron chi connectivity index (χ2n) is 4.09. The van der Waals surface area contributed by atoms with Gasteiger partial charge in [-0.25, -0.2) is 0 Å². The van der Waals surface area contributed by atoms with Gasteiger partial charge in [0.2, 0.25) is 5.91 Å². The Bertz CT molecular complexity index is 345. The van der Waals surface area contributed by atoms with Gasteiger partial charge in [0.05, 0.1) is 0 Å². The molecule has 4 N–H and O–H groups in total. The van der Waals surface area contributed by atoms with Crippen molar-refractivity contribution in [2.75, 3.05) is 0 Å². The standard InChI is InChI=1S/C12H19NO3/c1-3-4-9-5-6-11(14)10(7-9)8-13-12(2,15)16/h5-7,13-16H,3-4,8H2,1-2H3. The third-order valence-corrected chi connectivity index (χ3v) is 2.30. The van der Waals surface area contributed by atoms with Crippen molar-refractivity contribution < 1.29 is 15.3 Å². The SMILES string of the molecule is CCCc1ccc(O)c(CNC(C)(O)O)c1. The van der Waals surface area contributed by atoms with Crippen LogP contribution in [-0.2, 0) is 13.0 Å². The summed E-state index contributed by atoms with van der Waals surface area (Å²) in [6.07, 6.45) is 1.98. The summed E-state index contributed by atoms with van der Waals surface area (Å²) >= 11 is 0. The van der Waals surface area contributed by atoms with Gasteiger partial charge in [-0.05, 0) is 18.1 Å².